The fourth-order valence-corrected chi connectivity index (χ4v) is 3.79. The Morgan fingerprint density at radius 3 is 2.95 bits per heavy atom. The van der Waals surface area contributed by atoms with Gasteiger partial charge in [-0.3, -0.25) is 4.79 Å². The second-order valence-corrected chi connectivity index (χ2v) is 6.02. The van der Waals surface area contributed by atoms with E-state index < -0.39 is 0 Å². The van der Waals surface area contributed by atoms with Gasteiger partial charge in [0.1, 0.15) is 0 Å². The molecule has 0 radical (unpaired) electrons. The monoisotopic (exact) mass is 288 g/mol. The van der Waals surface area contributed by atoms with Crippen molar-refractivity contribution in [1.82, 2.24) is 10.2 Å². The molecule has 3 rings (SSSR count). The van der Waals surface area contributed by atoms with Crippen molar-refractivity contribution in [3.8, 4) is 0 Å². The van der Waals surface area contributed by atoms with E-state index in [2.05, 4.69) is 17.1 Å². The minimum atomic E-state index is 0. The van der Waals surface area contributed by atoms with Crippen LogP contribution in [0.1, 0.15) is 39.0 Å². The second-order valence-electron chi connectivity index (χ2n) is 6.02. The number of hydrogen-bond acceptors (Lipinski definition) is 3. The molecular weight excluding hydrogens is 264 g/mol. The van der Waals surface area contributed by atoms with Crippen molar-refractivity contribution < 1.29 is 9.53 Å². The van der Waals surface area contributed by atoms with Crippen LogP contribution in [-0.4, -0.2) is 48.7 Å². The number of morpholine rings is 1. The molecule has 3 aliphatic rings. The standard InChI is InChI=1S/C14H24N2O2.ClH/c1-10-9-11(5-6-15-10)14(17)16-7-8-18-13-4-2-3-12(13)16;/h10-13,15H,2-9H2,1H3;1H/t10-,11-,12?,13?;/m0./s1. The summed E-state index contributed by atoms with van der Waals surface area (Å²) < 4.78 is 5.78. The molecule has 3 fully saturated rings. The first-order chi connectivity index (χ1) is 8.75. The Morgan fingerprint density at radius 1 is 1.32 bits per heavy atom. The lowest BCUT2D eigenvalue weighted by Gasteiger charge is -2.40. The second kappa shape index (κ2) is 6.42. The van der Waals surface area contributed by atoms with E-state index in [1.807, 2.05) is 0 Å². The summed E-state index contributed by atoms with van der Waals surface area (Å²) in [6.45, 7) is 4.69. The molecule has 2 saturated heterocycles. The molecule has 2 heterocycles. The van der Waals surface area contributed by atoms with Crippen molar-refractivity contribution in [2.45, 2.75) is 57.2 Å². The molecule has 1 N–H and O–H groups in total. The number of hydrogen-bond donors (Lipinski definition) is 1. The van der Waals surface area contributed by atoms with Crippen molar-refractivity contribution in [2.75, 3.05) is 19.7 Å². The molecule has 2 unspecified atom stereocenters. The summed E-state index contributed by atoms with van der Waals surface area (Å²) in [6, 6.07) is 0.851. The van der Waals surface area contributed by atoms with E-state index in [-0.39, 0.29) is 18.3 Å². The first-order valence-electron chi connectivity index (χ1n) is 7.41. The maximum absolute atomic E-state index is 12.7. The van der Waals surface area contributed by atoms with E-state index in [4.69, 9.17) is 4.74 Å². The minimum absolute atomic E-state index is 0. The van der Waals surface area contributed by atoms with Gasteiger partial charge in [0.2, 0.25) is 5.91 Å². The summed E-state index contributed by atoms with van der Waals surface area (Å²) in [5.41, 5.74) is 0. The molecule has 0 aromatic heterocycles. The number of amides is 1. The molecule has 5 heteroatoms. The Kier molecular flexibility index (Phi) is 5.09. The highest BCUT2D eigenvalue weighted by molar-refractivity contribution is 5.85. The van der Waals surface area contributed by atoms with Crippen LogP contribution in [-0.2, 0) is 9.53 Å². The van der Waals surface area contributed by atoms with E-state index in [1.165, 1.54) is 6.42 Å². The Hall–Kier alpha value is -0.320. The van der Waals surface area contributed by atoms with Gasteiger partial charge in [0.25, 0.3) is 0 Å². The molecule has 4 atom stereocenters. The number of rotatable bonds is 1. The average molecular weight is 289 g/mol. The highest BCUT2D eigenvalue weighted by atomic mass is 35.5. The number of fused-ring (bicyclic) bond motifs is 1. The van der Waals surface area contributed by atoms with Crippen molar-refractivity contribution in [2.24, 2.45) is 5.92 Å². The van der Waals surface area contributed by atoms with Crippen LogP contribution in [0.2, 0.25) is 0 Å². The zero-order valence-electron chi connectivity index (χ0n) is 11.6. The number of ether oxygens (including phenoxy) is 1. The third-order valence-electron chi connectivity index (χ3n) is 4.74. The summed E-state index contributed by atoms with van der Waals surface area (Å²) in [5, 5.41) is 3.42. The largest absolute Gasteiger partial charge is 0.374 e. The van der Waals surface area contributed by atoms with Crippen LogP contribution in [0.4, 0.5) is 0 Å². The van der Waals surface area contributed by atoms with Crippen molar-refractivity contribution >= 4 is 18.3 Å². The smallest absolute Gasteiger partial charge is 0.226 e. The van der Waals surface area contributed by atoms with Crippen LogP contribution in [0.15, 0.2) is 0 Å². The number of nitrogens with one attached hydrogen (secondary N) is 1. The first-order valence-corrected chi connectivity index (χ1v) is 7.41. The Morgan fingerprint density at radius 2 is 2.16 bits per heavy atom. The average Bonchev–Trinajstić information content (AvgIpc) is 2.86. The van der Waals surface area contributed by atoms with Gasteiger partial charge in [-0.05, 0) is 45.6 Å². The Labute approximate surface area is 121 Å². The molecule has 2 aliphatic heterocycles. The molecule has 1 amide bonds. The maximum atomic E-state index is 12.7. The Bertz CT molecular complexity index is 327. The predicted molar refractivity (Wildman–Crippen MR) is 76.5 cm³/mol. The minimum Gasteiger partial charge on any atom is -0.374 e. The van der Waals surface area contributed by atoms with E-state index in [0.717, 1.165) is 45.4 Å². The van der Waals surface area contributed by atoms with E-state index >= 15 is 0 Å². The fraction of sp³-hybridized carbons (Fsp3) is 0.929. The topological polar surface area (TPSA) is 41.6 Å². The van der Waals surface area contributed by atoms with E-state index in [1.54, 1.807) is 0 Å². The molecule has 0 spiro atoms. The van der Waals surface area contributed by atoms with Crippen LogP contribution in [0.5, 0.6) is 0 Å². The third kappa shape index (κ3) is 3.06. The van der Waals surface area contributed by atoms with Crippen LogP contribution in [0.3, 0.4) is 0 Å². The molecule has 110 valence electrons. The van der Waals surface area contributed by atoms with E-state index in [9.17, 15) is 4.79 Å². The van der Waals surface area contributed by atoms with Gasteiger partial charge >= 0.3 is 0 Å². The molecular formula is C14H25ClN2O2. The lowest BCUT2D eigenvalue weighted by Crippen LogP contribution is -2.54. The number of piperidine rings is 1. The normalized spacial score (nSPS) is 38.5. The quantitative estimate of drug-likeness (QED) is 0.796. The van der Waals surface area contributed by atoms with Crippen LogP contribution in [0.25, 0.3) is 0 Å². The zero-order chi connectivity index (χ0) is 12.5. The summed E-state index contributed by atoms with van der Waals surface area (Å²) in [6.07, 6.45) is 5.79. The predicted octanol–water partition coefficient (Wildman–Crippen LogP) is 1.58. The number of nitrogens with zero attached hydrogens (tertiary/aromatic N) is 1. The van der Waals surface area contributed by atoms with Crippen LogP contribution in [0, 0.1) is 5.92 Å². The summed E-state index contributed by atoms with van der Waals surface area (Å²) >= 11 is 0. The van der Waals surface area contributed by atoms with Crippen molar-refractivity contribution in [1.29, 1.82) is 0 Å². The molecule has 0 aromatic rings. The SMILES string of the molecule is C[C@H]1C[C@@H](C(=O)N2CCOC3CCCC32)CCN1.Cl. The first kappa shape index (κ1) is 15.1. The number of halogens is 1. The molecule has 1 saturated carbocycles. The Balaban J connectivity index is 0.00000133. The lowest BCUT2D eigenvalue weighted by molar-refractivity contribution is -0.149. The van der Waals surface area contributed by atoms with Gasteiger partial charge in [-0.15, -0.1) is 12.4 Å². The molecule has 0 bridgehead atoms. The van der Waals surface area contributed by atoms with Gasteiger partial charge in [0.05, 0.1) is 18.8 Å². The summed E-state index contributed by atoms with van der Waals surface area (Å²) in [7, 11) is 0. The number of carbonyl (C=O) groups is 1. The van der Waals surface area contributed by atoms with Gasteiger partial charge < -0.3 is 15.0 Å². The highest BCUT2D eigenvalue weighted by Gasteiger charge is 2.40. The summed E-state index contributed by atoms with van der Waals surface area (Å²) in [4.78, 5) is 14.8. The zero-order valence-corrected chi connectivity index (χ0v) is 12.5. The molecule has 1 aliphatic carbocycles. The fourth-order valence-electron chi connectivity index (χ4n) is 3.79. The van der Waals surface area contributed by atoms with Gasteiger partial charge in [-0.1, -0.05) is 0 Å². The van der Waals surface area contributed by atoms with Gasteiger partial charge in [0, 0.05) is 18.5 Å². The van der Waals surface area contributed by atoms with Crippen LogP contribution < -0.4 is 5.32 Å². The highest BCUT2D eigenvalue weighted by Crippen LogP contribution is 2.31. The van der Waals surface area contributed by atoms with Crippen molar-refractivity contribution in [3.63, 3.8) is 0 Å². The van der Waals surface area contributed by atoms with Gasteiger partial charge in [0.15, 0.2) is 0 Å². The molecule has 4 nitrogen and oxygen atoms in total. The lowest BCUT2D eigenvalue weighted by atomic mass is 9.91. The third-order valence-corrected chi connectivity index (χ3v) is 4.74. The van der Waals surface area contributed by atoms with Gasteiger partial charge in [-0.2, -0.15) is 0 Å². The maximum Gasteiger partial charge on any atom is 0.226 e. The van der Waals surface area contributed by atoms with Crippen molar-refractivity contribution in [3.05, 3.63) is 0 Å². The van der Waals surface area contributed by atoms with Gasteiger partial charge in [-0.25, -0.2) is 0 Å². The van der Waals surface area contributed by atoms with E-state index in [0.29, 0.717) is 24.1 Å². The molecule has 19 heavy (non-hydrogen) atoms. The summed E-state index contributed by atoms with van der Waals surface area (Å²) in [5.74, 6) is 0.629. The molecule has 0 aromatic carbocycles. The number of carbonyl (C=O) groups excluding carboxylic acids is 1. The van der Waals surface area contributed by atoms with Crippen LogP contribution >= 0.6 is 12.4 Å².